The number of aromatic nitrogens is 2. The van der Waals surface area contributed by atoms with Crippen molar-refractivity contribution in [3.8, 4) is 0 Å². The Balaban J connectivity index is 1.93. The summed E-state index contributed by atoms with van der Waals surface area (Å²) < 4.78 is 7.15. The zero-order valence-electron chi connectivity index (χ0n) is 11.1. The van der Waals surface area contributed by atoms with Gasteiger partial charge in [-0.3, -0.25) is 0 Å². The minimum absolute atomic E-state index is 0.313. The first-order valence-electron chi connectivity index (χ1n) is 6.07. The van der Waals surface area contributed by atoms with Crippen LogP contribution in [0.1, 0.15) is 21.7 Å². The van der Waals surface area contributed by atoms with Gasteiger partial charge in [-0.1, -0.05) is 0 Å². The summed E-state index contributed by atoms with van der Waals surface area (Å²) in [6.45, 7) is 2.15. The molecule has 0 fully saturated rings. The molecule has 0 atom stereocenters. The number of esters is 1. The number of anilines is 1. The summed E-state index contributed by atoms with van der Waals surface area (Å²) in [5.74, 6) is 0.563. The summed E-state index contributed by atoms with van der Waals surface area (Å²) in [6, 6.07) is 5.14. The maximum atomic E-state index is 11.9. The van der Waals surface area contributed by atoms with Crippen LogP contribution in [0.25, 0.3) is 0 Å². The molecule has 19 heavy (non-hydrogen) atoms. The molecule has 0 amide bonds. The van der Waals surface area contributed by atoms with E-state index in [4.69, 9.17) is 10.5 Å². The number of hydrogen-bond donors (Lipinski definition) is 1. The van der Waals surface area contributed by atoms with Gasteiger partial charge in [-0.25, -0.2) is 9.78 Å². The highest BCUT2D eigenvalue weighted by molar-refractivity contribution is 5.91. The Morgan fingerprint density at radius 2 is 2.26 bits per heavy atom. The fourth-order valence-corrected chi connectivity index (χ4v) is 1.87. The standard InChI is InChI=1S/C14H17N3O2/c1-10-9-11(15)3-4-12(10)14(18)19-8-5-13-16-6-7-17(13)2/h3-4,6-7,9H,5,8,15H2,1-2H3. The molecule has 5 heteroatoms. The van der Waals surface area contributed by atoms with E-state index in [9.17, 15) is 4.79 Å². The summed E-state index contributed by atoms with van der Waals surface area (Å²) in [5.41, 5.74) is 7.66. The lowest BCUT2D eigenvalue weighted by atomic mass is 10.1. The van der Waals surface area contributed by atoms with Crippen molar-refractivity contribution in [1.82, 2.24) is 9.55 Å². The molecule has 1 heterocycles. The van der Waals surface area contributed by atoms with Gasteiger partial charge in [0.05, 0.1) is 12.2 Å². The van der Waals surface area contributed by atoms with Crippen molar-refractivity contribution >= 4 is 11.7 Å². The van der Waals surface area contributed by atoms with E-state index < -0.39 is 0 Å². The molecule has 0 unspecified atom stereocenters. The molecule has 2 N–H and O–H groups in total. The number of rotatable bonds is 4. The van der Waals surface area contributed by atoms with Gasteiger partial charge in [0.2, 0.25) is 0 Å². The maximum Gasteiger partial charge on any atom is 0.338 e. The lowest BCUT2D eigenvalue weighted by molar-refractivity contribution is 0.0506. The van der Waals surface area contributed by atoms with E-state index in [1.54, 1.807) is 24.4 Å². The Labute approximate surface area is 112 Å². The predicted molar refractivity (Wildman–Crippen MR) is 72.8 cm³/mol. The quantitative estimate of drug-likeness (QED) is 0.670. The summed E-state index contributed by atoms with van der Waals surface area (Å²) >= 11 is 0. The third-order valence-corrected chi connectivity index (χ3v) is 2.95. The van der Waals surface area contributed by atoms with E-state index in [0.29, 0.717) is 24.3 Å². The second-order valence-corrected chi connectivity index (χ2v) is 4.41. The molecule has 0 spiro atoms. The third kappa shape index (κ3) is 3.13. The van der Waals surface area contributed by atoms with Crippen molar-refractivity contribution in [1.29, 1.82) is 0 Å². The largest absolute Gasteiger partial charge is 0.462 e. The molecule has 0 radical (unpaired) electrons. The van der Waals surface area contributed by atoms with Gasteiger partial charge in [-0.2, -0.15) is 0 Å². The molecule has 0 aliphatic rings. The first kappa shape index (κ1) is 13.1. The van der Waals surface area contributed by atoms with Crippen molar-refractivity contribution in [2.75, 3.05) is 12.3 Å². The van der Waals surface area contributed by atoms with Crippen LogP contribution in [0.3, 0.4) is 0 Å². The number of carbonyl (C=O) groups is 1. The van der Waals surface area contributed by atoms with Gasteiger partial charge in [-0.15, -0.1) is 0 Å². The van der Waals surface area contributed by atoms with Crippen molar-refractivity contribution < 1.29 is 9.53 Å². The second kappa shape index (κ2) is 5.56. The van der Waals surface area contributed by atoms with Crippen LogP contribution in [0.4, 0.5) is 5.69 Å². The predicted octanol–water partition coefficient (Wildman–Crippen LogP) is 1.71. The average Bonchev–Trinajstić information content (AvgIpc) is 2.75. The molecule has 2 aromatic rings. The zero-order chi connectivity index (χ0) is 13.8. The fraction of sp³-hybridized carbons (Fsp3) is 0.286. The Kier molecular flexibility index (Phi) is 3.85. The van der Waals surface area contributed by atoms with Crippen LogP contribution in [0.2, 0.25) is 0 Å². The van der Waals surface area contributed by atoms with Crippen LogP contribution in [0, 0.1) is 6.92 Å². The minimum Gasteiger partial charge on any atom is -0.462 e. The van der Waals surface area contributed by atoms with E-state index in [0.717, 1.165) is 11.4 Å². The van der Waals surface area contributed by atoms with Gasteiger partial charge >= 0.3 is 5.97 Å². The minimum atomic E-state index is -0.327. The van der Waals surface area contributed by atoms with E-state index in [1.165, 1.54) is 0 Å². The molecular formula is C14H17N3O2. The lowest BCUT2D eigenvalue weighted by Gasteiger charge is -2.07. The SMILES string of the molecule is Cc1cc(N)ccc1C(=O)OCCc1nccn1C. The first-order chi connectivity index (χ1) is 9.08. The van der Waals surface area contributed by atoms with Gasteiger partial charge in [0.1, 0.15) is 5.82 Å². The number of benzene rings is 1. The van der Waals surface area contributed by atoms with Crippen LogP contribution < -0.4 is 5.73 Å². The molecule has 0 bridgehead atoms. The second-order valence-electron chi connectivity index (χ2n) is 4.41. The molecular weight excluding hydrogens is 242 g/mol. The molecule has 5 nitrogen and oxygen atoms in total. The molecule has 1 aromatic heterocycles. The normalized spacial score (nSPS) is 10.4. The van der Waals surface area contributed by atoms with Gasteiger partial charge < -0.3 is 15.0 Å². The van der Waals surface area contributed by atoms with Crippen LogP contribution >= 0.6 is 0 Å². The number of nitrogens with two attached hydrogens (primary N) is 1. The van der Waals surface area contributed by atoms with E-state index in [-0.39, 0.29) is 5.97 Å². The molecule has 0 saturated carbocycles. The fourth-order valence-electron chi connectivity index (χ4n) is 1.87. The number of nitrogens with zero attached hydrogens (tertiary/aromatic N) is 2. The zero-order valence-corrected chi connectivity index (χ0v) is 11.1. The number of nitrogen functional groups attached to an aromatic ring is 1. The van der Waals surface area contributed by atoms with Crippen molar-refractivity contribution in [3.63, 3.8) is 0 Å². The van der Waals surface area contributed by atoms with E-state index in [1.807, 2.05) is 24.7 Å². The topological polar surface area (TPSA) is 70.1 Å². The highest BCUT2D eigenvalue weighted by atomic mass is 16.5. The number of imidazole rings is 1. The van der Waals surface area contributed by atoms with Crippen LogP contribution in [-0.4, -0.2) is 22.1 Å². The summed E-state index contributed by atoms with van der Waals surface area (Å²) in [4.78, 5) is 16.1. The molecule has 2 rings (SSSR count). The van der Waals surface area contributed by atoms with Gasteiger partial charge in [0, 0.05) is 31.5 Å². The lowest BCUT2D eigenvalue weighted by Crippen LogP contribution is -2.11. The van der Waals surface area contributed by atoms with Gasteiger partial charge in [-0.05, 0) is 30.7 Å². The molecule has 0 aliphatic heterocycles. The Hall–Kier alpha value is -2.30. The van der Waals surface area contributed by atoms with Crippen LogP contribution in [0.5, 0.6) is 0 Å². The number of hydrogen-bond acceptors (Lipinski definition) is 4. The molecule has 1 aromatic carbocycles. The Bertz CT molecular complexity index is 590. The van der Waals surface area contributed by atoms with Crippen LogP contribution in [0.15, 0.2) is 30.6 Å². The highest BCUT2D eigenvalue weighted by Gasteiger charge is 2.10. The summed E-state index contributed by atoms with van der Waals surface area (Å²) in [6.07, 6.45) is 4.19. The smallest absolute Gasteiger partial charge is 0.338 e. The highest BCUT2D eigenvalue weighted by Crippen LogP contribution is 2.13. The van der Waals surface area contributed by atoms with Crippen molar-refractivity contribution in [2.24, 2.45) is 7.05 Å². The van der Waals surface area contributed by atoms with E-state index >= 15 is 0 Å². The van der Waals surface area contributed by atoms with Crippen LogP contribution in [-0.2, 0) is 18.2 Å². The average molecular weight is 259 g/mol. The van der Waals surface area contributed by atoms with E-state index in [2.05, 4.69) is 4.98 Å². The number of aryl methyl sites for hydroxylation is 2. The monoisotopic (exact) mass is 259 g/mol. The molecule has 0 aliphatic carbocycles. The van der Waals surface area contributed by atoms with Crippen molar-refractivity contribution in [2.45, 2.75) is 13.3 Å². The Morgan fingerprint density at radius 3 is 2.89 bits per heavy atom. The summed E-state index contributed by atoms with van der Waals surface area (Å²) in [5, 5.41) is 0. The maximum absolute atomic E-state index is 11.9. The number of ether oxygens (including phenoxy) is 1. The first-order valence-corrected chi connectivity index (χ1v) is 6.07. The Morgan fingerprint density at radius 1 is 1.47 bits per heavy atom. The molecule has 100 valence electrons. The van der Waals surface area contributed by atoms with Gasteiger partial charge in [0.15, 0.2) is 0 Å². The third-order valence-electron chi connectivity index (χ3n) is 2.95. The van der Waals surface area contributed by atoms with Crippen molar-refractivity contribution in [3.05, 3.63) is 47.5 Å². The van der Waals surface area contributed by atoms with Gasteiger partial charge in [0.25, 0.3) is 0 Å². The summed E-state index contributed by atoms with van der Waals surface area (Å²) in [7, 11) is 1.91. The molecule has 0 saturated heterocycles. The number of carbonyl (C=O) groups excluding carboxylic acids is 1.